The number of hydrogen-bond acceptors (Lipinski definition) is 5. The number of hydrogen-bond donors (Lipinski definition) is 4. The van der Waals surface area contributed by atoms with E-state index in [1.54, 1.807) is 0 Å². The van der Waals surface area contributed by atoms with E-state index in [0.29, 0.717) is 11.5 Å². The number of nitrogens with two attached hydrogens (primary N) is 1. The summed E-state index contributed by atoms with van der Waals surface area (Å²) in [5.74, 6) is 0.675. The second-order valence-electron chi connectivity index (χ2n) is 5.66. The fourth-order valence-corrected chi connectivity index (χ4v) is 2.09. The van der Waals surface area contributed by atoms with E-state index in [2.05, 4.69) is 41.4 Å². The van der Waals surface area contributed by atoms with Crippen LogP contribution in [0.25, 0.3) is 0 Å². The molecule has 1 atom stereocenters. The predicted octanol–water partition coefficient (Wildman–Crippen LogP) is 0.994. The number of nitrogen functional groups attached to an aromatic ring is 1. The molecule has 1 aliphatic heterocycles. The zero-order valence-corrected chi connectivity index (χ0v) is 10.4. The molecule has 0 fully saturated rings. The standard InChI is InChI=1S/C11H19N5O/c1-11(2,3)4-6-5-13-8-7(14-6)9(17)16-10(12)15-8/h6,14H,4-5H2,1-3H3,(H4,12,13,15,16,17). The highest BCUT2D eigenvalue weighted by Crippen LogP contribution is 2.27. The summed E-state index contributed by atoms with van der Waals surface area (Å²) >= 11 is 0. The number of H-pyrrole nitrogens is 1. The Balaban J connectivity index is 2.22. The van der Waals surface area contributed by atoms with E-state index in [1.807, 2.05) is 0 Å². The van der Waals surface area contributed by atoms with Crippen LogP contribution in [0.3, 0.4) is 0 Å². The highest BCUT2D eigenvalue weighted by molar-refractivity contribution is 5.67. The largest absolute Gasteiger partial charge is 0.373 e. The second kappa shape index (κ2) is 3.94. The predicted molar refractivity (Wildman–Crippen MR) is 69.2 cm³/mol. The first kappa shape index (κ1) is 11.8. The fourth-order valence-electron chi connectivity index (χ4n) is 2.09. The maximum absolute atomic E-state index is 11.7. The monoisotopic (exact) mass is 237 g/mol. The van der Waals surface area contributed by atoms with Gasteiger partial charge in [-0.1, -0.05) is 20.8 Å². The van der Waals surface area contributed by atoms with Crippen LogP contribution in [0.15, 0.2) is 4.79 Å². The van der Waals surface area contributed by atoms with Crippen LogP contribution in [0.2, 0.25) is 0 Å². The van der Waals surface area contributed by atoms with Crippen LogP contribution in [0, 0.1) is 5.41 Å². The SMILES string of the molecule is CC(C)(C)CC1CNc2nc(N)[nH]c(=O)c2N1. The van der Waals surface area contributed by atoms with E-state index >= 15 is 0 Å². The van der Waals surface area contributed by atoms with Gasteiger partial charge in [0.2, 0.25) is 5.95 Å². The summed E-state index contributed by atoms with van der Waals surface area (Å²) in [5.41, 5.74) is 5.96. The number of aromatic amines is 1. The van der Waals surface area contributed by atoms with Crippen LogP contribution < -0.4 is 21.9 Å². The van der Waals surface area contributed by atoms with E-state index in [9.17, 15) is 4.79 Å². The number of rotatable bonds is 1. The molecule has 0 radical (unpaired) electrons. The summed E-state index contributed by atoms with van der Waals surface area (Å²) in [6, 6.07) is 0.231. The molecule has 17 heavy (non-hydrogen) atoms. The molecule has 5 N–H and O–H groups in total. The van der Waals surface area contributed by atoms with Gasteiger partial charge in [-0.25, -0.2) is 0 Å². The molecule has 0 amide bonds. The molecule has 1 aromatic heterocycles. The first-order valence-corrected chi connectivity index (χ1v) is 5.75. The van der Waals surface area contributed by atoms with Crippen molar-refractivity contribution in [2.75, 3.05) is 22.9 Å². The smallest absolute Gasteiger partial charge is 0.277 e. The average molecular weight is 237 g/mol. The topological polar surface area (TPSA) is 95.8 Å². The number of nitrogens with zero attached hydrogens (tertiary/aromatic N) is 1. The summed E-state index contributed by atoms with van der Waals surface area (Å²) in [6.45, 7) is 7.28. The zero-order valence-electron chi connectivity index (χ0n) is 10.4. The van der Waals surface area contributed by atoms with Crippen LogP contribution in [-0.2, 0) is 0 Å². The Morgan fingerprint density at radius 3 is 2.82 bits per heavy atom. The Bertz CT molecular complexity index is 474. The Morgan fingerprint density at radius 1 is 1.47 bits per heavy atom. The third kappa shape index (κ3) is 2.69. The molecule has 2 rings (SSSR count). The van der Waals surface area contributed by atoms with Gasteiger partial charge >= 0.3 is 0 Å². The minimum absolute atomic E-state index is 0.136. The molecule has 0 saturated heterocycles. The van der Waals surface area contributed by atoms with Crippen LogP contribution in [0.4, 0.5) is 17.5 Å². The van der Waals surface area contributed by atoms with E-state index < -0.39 is 0 Å². The van der Waals surface area contributed by atoms with Crippen LogP contribution >= 0.6 is 0 Å². The molecule has 1 unspecified atom stereocenters. The highest BCUT2D eigenvalue weighted by atomic mass is 16.1. The van der Waals surface area contributed by atoms with E-state index in [0.717, 1.165) is 13.0 Å². The summed E-state index contributed by atoms with van der Waals surface area (Å²) < 4.78 is 0. The number of fused-ring (bicyclic) bond motifs is 1. The molecule has 6 nitrogen and oxygen atoms in total. The lowest BCUT2D eigenvalue weighted by atomic mass is 9.87. The molecule has 0 aliphatic carbocycles. The van der Waals surface area contributed by atoms with Gasteiger partial charge in [0.25, 0.3) is 5.56 Å². The lowest BCUT2D eigenvalue weighted by Gasteiger charge is -2.31. The molecule has 6 heteroatoms. The first-order valence-electron chi connectivity index (χ1n) is 5.75. The Labute approximate surface area is 100 Å². The van der Waals surface area contributed by atoms with Gasteiger partial charge in [0.05, 0.1) is 0 Å². The van der Waals surface area contributed by atoms with E-state index in [-0.39, 0.29) is 23.0 Å². The van der Waals surface area contributed by atoms with Crippen molar-refractivity contribution < 1.29 is 0 Å². The Hall–Kier alpha value is -1.72. The van der Waals surface area contributed by atoms with Crippen molar-refractivity contribution in [2.24, 2.45) is 5.41 Å². The summed E-state index contributed by atoms with van der Waals surface area (Å²) in [6.07, 6.45) is 0.975. The summed E-state index contributed by atoms with van der Waals surface area (Å²) in [7, 11) is 0. The Morgan fingerprint density at radius 2 is 2.18 bits per heavy atom. The van der Waals surface area contributed by atoms with Crippen molar-refractivity contribution in [1.29, 1.82) is 0 Å². The first-order chi connectivity index (χ1) is 7.85. The molecule has 1 aliphatic rings. The van der Waals surface area contributed by atoms with Gasteiger partial charge in [-0.3, -0.25) is 9.78 Å². The highest BCUT2D eigenvalue weighted by Gasteiger charge is 2.25. The van der Waals surface area contributed by atoms with Gasteiger partial charge in [0, 0.05) is 12.6 Å². The van der Waals surface area contributed by atoms with Crippen LogP contribution in [-0.4, -0.2) is 22.6 Å². The molecular formula is C11H19N5O. The summed E-state index contributed by atoms with van der Waals surface area (Å²) in [4.78, 5) is 18.3. The van der Waals surface area contributed by atoms with Gasteiger partial charge in [-0.05, 0) is 11.8 Å². The number of nitrogens with one attached hydrogen (secondary N) is 3. The van der Waals surface area contributed by atoms with Gasteiger partial charge in [-0.2, -0.15) is 4.98 Å². The van der Waals surface area contributed by atoms with Gasteiger partial charge in [0.15, 0.2) is 5.82 Å². The molecule has 2 heterocycles. The van der Waals surface area contributed by atoms with Gasteiger partial charge < -0.3 is 16.4 Å². The zero-order chi connectivity index (χ0) is 12.6. The van der Waals surface area contributed by atoms with Gasteiger partial charge in [-0.15, -0.1) is 0 Å². The van der Waals surface area contributed by atoms with Crippen molar-refractivity contribution in [3.63, 3.8) is 0 Å². The third-order valence-electron chi connectivity index (χ3n) is 2.66. The molecule has 0 saturated carbocycles. The molecule has 0 aromatic carbocycles. The maximum atomic E-state index is 11.7. The number of anilines is 3. The Kier molecular flexibility index (Phi) is 2.73. The normalized spacial score (nSPS) is 19.1. The third-order valence-corrected chi connectivity index (χ3v) is 2.66. The lowest BCUT2D eigenvalue weighted by molar-refractivity contribution is 0.352. The van der Waals surface area contributed by atoms with E-state index in [1.165, 1.54) is 0 Å². The minimum atomic E-state index is -0.224. The summed E-state index contributed by atoms with van der Waals surface area (Å²) in [5, 5.41) is 6.37. The maximum Gasteiger partial charge on any atom is 0.277 e. The quantitative estimate of drug-likeness (QED) is 0.584. The van der Waals surface area contributed by atoms with Crippen molar-refractivity contribution in [3.8, 4) is 0 Å². The number of aromatic nitrogens is 2. The van der Waals surface area contributed by atoms with Gasteiger partial charge in [0.1, 0.15) is 5.69 Å². The van der Waals surface area contributed by atoms with Crippen molar-refractivity contribution in [3.05, 3.63) is 10.4 Å². The van der Waals surface area contributed by atoms with E-state index in [4.69, 9.17) is 5.73 Å². The van der Waals surface area contributed by atoms with Crippen LogP contribution in [0.5, 0.6) is 0 Å². The molecule has 0 bridgehead atoms. The lowest BCUT2D eigenvalue weighted by Crippen LogP contribution is -2.39. The molecule has 0 spiro atoms. The molecule has 94 valence electrons. The average Bonchev–Trinajstić information content (AvgIpc) is 2.16. The van der Waals surface area contributed by atoms with Crippen LogP contribution in [0.1, 0.15) is 27.2 Å². The van der Waals surface area contributed by atoms with Crippen molar-refractivity contribution in [1.82, 2.24) is 9.97 Å². The fraction of sp³-hybridized carbons (Fsp3) is 0.636. The van der Waals surface area contributed by atoms with Crippen molar-refractivity contribution in [2.45, 2.75) is 33.2 Å². The second-order valence-corrected chi connectivity index (χ2v) is 5.66. The molecular weight excluding hydrogens is 218 g/mol. The van der Waals surface area contributed by atoms with Crippen molar-refractivity contribution >= 4 is 17.5 Å². The minimum Gasteiger partial charge on any atom is -0.373 e. The molecule has 1 aromatic rings.